The van der Waals surface area contributed by atoms with Gasteiger partial charge in [0.05, 0.1) is 12.7 Å². The van der Waals surface area contributed by atoms with Crippen molar-refractivity contribution < 1.29 is 9.53 Å². The van der Waals surface area contributed by atoms with E-state index in [2.05, 4.69) is 16.0 Å². The van der Waals surface area contributed by atoms with Crippen molar-refractivity contribution >= 4 is 6.03 Å². The van der Waals surface area contributed by atoms with Crippen LogP contribution in [0.4, 0.5) is 4.79 Å². The summed E-state index contributed by atoms with van der Waals surface area (Å²) in [5.41, 5.74) is 0. The summed E-state index contributed by atoms with van der Waals surface area (Å²) >= 11 is 0. The molecule has 70 valence electrons. The van der Waals surface area contributed by atoms with Crippen molar-refractivity contribution in [3.8, 4) is 0 Å². The van der Waals surface area contributed by atoms with Gasteiger partial charge in [0.25, 0.3) is 0 Å². The molecular weight excluding hydrogens is 158 g/mol. The molecule has 3 N–H and O–H groups in total. The smallest absolute Gasteiger partial charge is 0.314 e. The molecule has 0 saturated carbocycles. The van der Waals surface area contributed by atoms with Gasteiger partial charge in [-0.25, -0.2) is 4.79 Å². The topological polar surface area (TPSA) is 62.4 Å². The lowest BCUT2D eigenvalue weighted by molar-refractivity contribution is 0.0308. The SMILES string of the molecule is CNC(=O)NC[C@H]1CNCCO1. The van der Waals surface area contributed by atoms with Crippen molar-refractivity contribution in [2.45, 2.75) is 6.10 Å². The van der Waals surface area contributed by atoms with E-state index in [9.17, 15) is 4.79 Å². The van der Waals surface area contributed by atoms with Crippen LogP contribution in [0.5, 0.6) is 0 Å². The number of hydrogen-bond donors (Lipinski definition) is 3. The third kappa shape index (κ3) is 3.06. The van der Waals surface area contributed by atoms with Crippen LogP contribution in [0.2, 0.25) is 0 Å². The van der Waals surface area contributed by atoms with Crippen molar-refractivity contribution in [3.63, 3.8) is 0 Å². The third-order valence-corrected chi connectivity index (χ3v) is 1.72. The summed E-state index contributed by atoms with van der Waals surface area (Å²) in [6.07, 6.45) is 0.107. The van der Waals surface area contributed by atoms with Crippen LogP contribution in [0.15, 0.2) is 0 Å². The zero-order valence-corrected chi connectivity index (χ0v) is 7.22. The molecule has 1 fully saturated rings. The second-order valence-electron chi connectivity index (χ2n) is 2.66. The number of urea groups is 1. The molecule has 1 heterocycles. The Morgan fingerprint density at radius 3 is 3.17 bits per heavy atom. The van der Waals surface area contributed by atoms with Crippen LogP contribution in [-0.2, 0) is 4.74 Å². The summed E-state index contributed by atoms with van der Waals surface area (Å²) in [6, 6.07) is -0.163. The van der Waals surface area contributed by atoms with Gasteiger partial charge in [0.15, 0.2) is 0 Å². The second kappa shape index (κ2) is 4.95. The molecule has 12 heavy (non-hydrogen) atoms. The van der Waals surface area contributed by atoms with Gasteiger partial charge in [0.2, 0.25) is 0 Å². The fraction of sp³-hybridized carbons (Fsp3) is 0.857. The van der Waals surface area contributed by atoms with Crippen molar-refractivity contribution in [1.82, 2.24) is 16.0 Å². The van der Waals surface area contributed by atoms with E-state index in [1.54, 1.807) is 7.05 Å². The van der Waals surface area contributed by atoms with E-state index in [0.29, 0.717) is 6.54 Å². The number of morpholine rings is 1. The summed E-state index contributed by atoms with van der Waals surface area (Å²) < 4.78 is 5.37. The summed E-state index contributed by atoms with van der Waals surface area (Å²) in [6.45, 7) is 2.99. The first kappa shape index (κ1) is 9.28. The third-order valence-electron chi connectivity index (χ3n) is 1.72. The Bertz CT molecular complexity index is 146. The predicted octanol–water partition coefficient (Wildman–Crippen LogP) is -1.10. The van der Waals surface area contributed by atoms with Crippen molar-refractivity contribution in [1.29, 1.82) is 0 Å². The highest BCUT2D eigenvalue weighted by Crippen LogP contribution is 1.93. The van der Waals surface area contributed by atoms with Gasteiger partial charge in [0.1, 0.15) is 0 Å². The number of nitrogens with one attached hydrogen (secondary N) is 3. The molecule has 5 heteroatoms. The lowest BCUT2D eigenvalue weighted by atomic mass is 10.3. The maximum atomic E-state index is 10.8. The average molecular weight is 173 g/mol. The van der Waals surface area contributed by atoms with E-state index in [1.807, 2.05) is 0 Å². The first-order chi connectivity index (χ1) is 5.83. The highest BCUT2D eigenvalue weighted by Gasteiger charge is 2.13. The Morgan fingerprint density at radius 1 is 1.75 bits per heavy atom. The number of hydrogen-bond acceptors (Lipinski definition) is 3. The lowest BCUT2D eigenvalue weighted by Gasteiger charge is -2.23. The van der Waals surface area contributed by atoms with Crippen molar-refractivity contribution in [3.05, 3.63) is 0 Å². The molecular formula is C7H15N3O2. The Labute approximate surface area is 71.8 Å². The fourth-order valence-electron chi connectivity index (χ4n) is 1.05. The summed E-state index contributed by atoms with van der Waals surface area (Å²) in [5.74, 6) is 0. The molecule has 2 amide bonds. The first-order valence-corrected chi connectivity index (χ1v) is 4.11. The van der Waals surface area contributed by atoms with Crippen LogP contribution < -0.4 is 16.0 Å². The van der Waals surface area contributed by atoms with Crippen LogP contribution in [-0.4, -0.2) is 45.4 Å². The van der Waals surface area contributed by atoms with Gasteiger partial charge in [-0.2, -0.15) is 0 Å². The normalized spacial score (nSPS) is 23.2. The molecule has 0 aromatic heterocycles. The van der Waals surface area contributed by atoms with E-state index < -0.39 is 0 Å². The van der Waals surface area contributed by atoms with Gasteiger partial charge < -0.3 is 20.7 Å². The van der Waals surface area contributed by atoms with Crippen LogP contribution >= 0.6 is 0 Å². The molecule has 1 aliphatic heterocycles. The summed E-state index contributed by atoms with van der Waals surface area (Å²) in [5, 5.41) is 8.35. The molecule has 1 saturated heterocycles. The highest BCUT2D eigenvalue weighted by molar-refractivity contribution is 5.73. The molecule has 0 unspecified atom stereocenters. The monoisotopic (exact) mass is 173 g/mol. The largest absolute Gasteiger partial charge is 0.374 e. The second-order valence-corrected chi connectivity index (χ2v) is 2.66. The Morgan fingerprint density at radius 2 is 2.58 bits per heavy atom. The molecule has 5 nitrogen and oxygen atoms in total. The fourth-order valence-corrected chi connectivity index (χ4v) is 1.05. The van der Waals surface area contributed by atoms with Gasteiger partial charge in [-0.15, -0.1) is 0 Å². The number of carbonyl (C=O) groups is 1. The molecule has 0 aliphatic carbocycles. The minimum absolute atomic E-state index is 0.107. The number of ether oxygens (including phenoxy) is 1. The van der Waals surface area contributed by atoms with E-state index in [4.69, 9.17) is 4.74 Å². The van der Waals surface area contributed by atoms with E-state index in [-0.39, 0.29) is 12.1 Å². The van der Waals surface area contributed by atoms with E-state index in [1.165, 1.54) is 0 Å². The quantitative estimate of drug-likeness (QED) is 0.497. The van der Waals surface area contributed by atoms with Gasteiger partial charge in [-0.05, 0) is 0 Å². The zero-order valence-electron chi connectivity index (χ0n) is 7.22. The van der Waals surface area contributed by atoms with Gasteiger partial charge in [-0.3, -0.25) is 0 Å². The molecule has 0 radical (unpaired) electrons. The minimum Gasteiger partial charge on any atom is -0.374 e. The Hall–Kier alpha value is -0.810. The van der Waals surface area contributed by atoms with Crippen LogP contribution in [0.25, 0.3) is 0 Å². The highest BCUT2D eigenvalue weighted by atomic mass is 16.5. The number of amides is 2. The average Bonchev–Trinajstić information content (AvgIpc) is 2.16. The Balaban J connectivity index is 2.09. The molecule has 0 aromatic rings. The molecule has 1 aliphatic rings. The zero-order chi connectivity index (χ0) is 8.81. The summed E-state index contributed by atoms with van der Waals surface area (Å²) in [7, 11) is 1.59. The van der Waals surface area contributed by atoms with Gasteiger partial charge in [-0.1, -0.05) is 0 Å². The maximum Gasteiger partial charge on any atom is 0.314 e. The predicted molar refractivity (Wildman–Crippen MR) is 45.1 cm³/mol. The number of rotatable bonds is 2. The van der Waals surface area contributed by atoms with Crippen molar-refractivity contribution in [2.24, 2.45) is 0 Å². The minimum atomic E-state index is -0.163. The molecule has 0 bridgehead atoms. The van der Waals surface area contributed by atoms with Crippen LogP contribution in [0.1, 0.15) is 0 Å². The standard InChI is InChI=1S/C7H15N3O2/c1-8-7(11)10-5-6-4-9-2-3-12-6/h6,9H,2-5H2,1H3,(H2,8,10,11)/t6-/m1/s1. The molecule has 1 atom stereocenters. The van der Waals surface area contributed by atoms with E-state index >= 15 is 0 Å². The lowest BCUT2D eigenvalue weighted by Crippen LogP contribution is -2.46. The maximum absolute atomic E-state index is 10.8. The Kier molecular flexibility index (Phi) is 3.83. The summed E-state index contributed by atoms with van der Waals surface area (Å²) in [4.78, 5) is 10.8. The number of carbonyl (C=O) groups excluding carboxylic acids is 1. The van der Waals surface area contributed by atoms with Crippen LogP contribution in [0, 0.1) is 0 Å². The molecule has 0 aromatic carbocycles. The van der Waals surface area contributed by atoms with Crippen LogP contribution in [0.3, 0.4) is 0 Å². The van der Waals surface area contributed by atoms with Crippen molar-refractivity contribution in [2.75, 3.05) is 33.3 Å². The van der Waals surface area contributed by atoms with E-state index in [0.717, 1.165) is 19.7 Å². The molecule has 0 spiro atoms. The van der Waals surface area contributed by atoms with Gasteiger partial charge in [0, 0.05) is 26.7 Å². The van der Waals surface area contributed by atoms with Gasteiger partial charge >= 0.3 is 6.03 Å². The molecule has 1 rings (SSSR count). The first-order valence-electron chi connectivity index (χ1n) is 4.11.